The van der Waals surface area contributed by atoms with E-state index in [9.17, 15) is 26.7 Å². The molecule has 1 aliphatic rings. The summed E-state index contributed by atoms with van der Waals surface area (Å²) >= 11 is 0. The highest BCUT2D eigenvalue weighted by molar-refractivity contribution is 5.96. The van der Waals surface area contributed by atoms with Crippen LogP contribution in [0.1, 0.15) is 23.8 Å². The van der Waals surface area contributed by atoms with Crippen LogP contribution in [0.5, 0.6) is 0 Å². The van der Waals surface area contributed by atoms with Crippen LogP contribution >= 0.6 is 0 Å². The van der Waals surface area contributed by atoms with Crippen LogP contribution in [0, 0.1) is 11.6 Å². The number of halogens is 5. The van der Waals surface area contributed by atoms with E-state index in [1.54, 1.807) is 0 Å². The zero-order valence-electron chi connectivity index (χ0n) is 14.6. The third kappa shape index (κ3) is 3.69. The number of benzene rings is 2. The fraction of sp³-hybridized carbons (Fsp3) is 0.211. The Hall–Kier alpha value is -3.30. The van der Waals surface area contributed by atoms with E-state index in [4.69, 9.17) is 4.52 Å². The molecule has 1 saturated heterocycles. The van der Waals surface area contributed by atoms with Crippen molar-refractivity contribution in [3.63, 3.8) is 0 Å². The number of aromatic nitrogens is 2. The van der Waals surface area contributed by atoms with Gasteiger partial charge in [0.05, 0.1) is 17.2 Å². The molecule has 1 amide bonds. The predicted octanol–water partition coefficient (Wildman–Crippen LogP) is 4.55. The molecule has 5 nitrogen and oxygen atoms in total. The molecule has 0 bridgehead atoms. The van der Waals surface area contributed by atoms with Crippen molar-refractivity contribution in [2.24, 2.45) is 0 Å². The summed E-state index contributed by atoms with van der Waals surface area (Å²) in [4.78, 5) is 17.5. The summed E-state index contributed by atoms with van der Waals surface area (Å²) in [6.07, 6.45) is -4.60. The fourth-order valence-corrected chi connectivity index (χ4v) is 3.15. The number of anilines is 1. The van der Waals surface area contributed by atoms with E-state index >= 15 is 0 Å². The Labute approximate surface area is 160 Å². The Kier molecular flexibility index (Phi) is 4.56. The van der Waals surface area contributed by atoms with E-state index in [2.05, 4.69) is 10.1 Å². The first-order chi connectivity index (χ1) is 13.7. The van der Waals surface area contributed by atoms with Gasteiger partial charge in [-0.15, -0.1) is 0 Å². The molecule has 2 heterocycles. The number of alkyl halides is 3. The first-order valence-electron chi connectivity index (χ1n) is 8.49. The molecule has 1 atom stereocenters. The molecule has 0 N–H and O–H groups in total. The molecule has 3 aromatic rings. The van der Waals surface area contributed by atoms with Crippen molar-refractivity contribution in [1.82, 2.24) is 10.1 Å². The monoisotopic (exact) mass is 409 g/mol. The molecule has 1 aliphatic heterocycles. The average molecular weight is 409 g/mol. The number of nitrogens with zero attached hydrogens (tertiary/aromatic N) is 3. The minimum Gasteiger partial charge on any atom is -0.339 e. The summed E-state index contributed by atoms with van der Waals surface area (Å²) in [6, 6.07) is 7.21. The van der Waals surface area contributed by atoms with Crippen LogP contribution in [-0.2, 0) is 11.0 Å². The lowest BCUT2D eigenvalue weighted by molar-refractivity contribution is -0.137. The van der Waals surface area contributed by atoms with Crippen LogP contribution in [0.3, 0.4) is 0 Å². The lowest BCUT2D eigenvalue weighted by Crippen LogP contribution is -2.25. The molecule has 10 heteroatoms. The zero-order valence-corrected chi connectivity index (χ0v) is 14.6. The Morgan fingerprint density at radius 3 is 2.66 bits per heavy atom. The maximum Gasteiger partial charge on any atom is 0.416 e. The highest BCUT2D eigenvalue weighted by Gasteiger charge is 2.36. The predicted molar refractivity (Wildman–Crippen MR) is 90.8 cm³/mol. The quantitative estimate of drug-likeness (QED) is 0.596. The Balaban J connectivity index is 1.58. The lowest BCUT2D eigenvalue weighted by atomic mass is 10.1. The average Bonchev–Trinajstić information content (AvgIpc) is 3.30. The third-order valence-corrected chi connectivity index (χ3v) is 4.56. The van der Waals surface area contributed by atoms with Gasteiger partial charge < -0.3 is 9.42 Å². The van der Waals surface area contributed by atoms with Crippen molar-refractivity contribution in [3.05, 3.63) is 65.6 Å². The molecule has 0 saturated carbocycles. The van der Waals surface area contributed by atoms with Crippen LogP contribution in [0.25, 0.3) is 11.4 Å². The van der Waals surface area contributed by atoms with Gasteiger partial charge in [-0.2, -0.15) is 18.2 Å². The molecule has 1 fully saturated rings. The van der Waals surface area contributed by atoms with Crippen LogP contribution in [0.4, 0.5) is 27.6 Å². The van der Waals surface area contributed by atoms with Gasteiger partial charge in [0.1, 0.15) is 11.6 Å². The van der Waals surface area contributed by atoms with Crippen molar-refractivity contribution in [2.75, 3.05) is 11.4 Å². The number of hydrogen-bond acceptors (Lipinski definition) is 4. The van der Waals surface area contributed by atoms with E-state index in [0.29, 0.717) is 0 Å². The van der Waals surface area contributed by atoms with Crippen molar-refractivity contribution < 1.29 is 31.3 Å². The number of carbonyl (C=O) groups excluding carboxylic acids is 1. The minimum atomic E-state index is -4.52. The maximum absolute atomic E-state index is 14.0. The van der Waals surface area contributed by atoms with Gasteiger partial charge in [0.15, 0.2) is 0 Å². The second-order valence-corrected chi connectivity index (χ2v) is 6.54. The Morgan fingerprint density at radius 1 is 1.10 bits per heavy atom. The smallest absolute Gasteiger partial charge is 0.339 e. The molecule has 29 heavy (non-hydrogen) atoms. The van der Waals surface area contributed by atoms with Crippen molar-refractivity contribution in [1.29, 1.82) is 0 Å². The molecule has 0 spiro atoms. The summed E-state index contributed by atoms with van der Waals surface area (Å²) in [5.41, 5.74) is -0.951. The lowest BCUT2D eigenvalue weighted by Gasteiger charge is -2.16. The van der Waals surface area contributed by atoms with Crippen LogP contribution in [-0.4, -0.2) is 22.6 Å². The number of hydrogen-bond donors (Lipinski definition) is 0. The van der Waals surface area contributed by atoms with E-state index in [1.807, 2.05) is 0 Å². The van der Waals surface area contributed by atoms with Crippen molar-refractivity contribution >= 4 is 11.6 Å². The van der Waals surface area contributed by atoms with E-state index in [-0.39, 0.29) is 35.9 Å². The van der Waals surface area contributed by atoms with Gasteiger partial charge >= 0.3 is 6.18 Å². The molecular formula is C19H12F5N3O2. The van der Waals surface area contributed by atoms with Gasteiger partial charge in [-0.25, -0.2) is 8.78 Å². The second kappa shape index (κ2) is 6.94. The zero-order chi connectivity index (χ0) is 20.8. The third-order valence-electron chi connectivity index (χ3n) is 4.56. The molecule has 4 rings (SSSR count). The number of amides is 1. The van der Waals surface area contributed by atoms with Crippen LogP contribution in [0.15, 0.2) is 47.0 Å². The molecular weight excluding hydrogens is 397 g/mol. The molecule has 0 aliphatic carbocycles. The highest BCUT2D eigenvalue weighted by Crippen LogP contribution is 2.35. The maximum atomic E-state index is 14.0. The van der Waals surface area contributed by atoms with Gasteiger partial charge in [0, 0.05) is 24.6 Å². The summed E-state index contributed by atoms with van der Waals surface area (Å²) in [5, 5.41) is 3.69. The minimum absolute atomic E-state index is 0.0244. The van der Waals surface area contributed by atoms with Crippen LogP contribution in [0.2, 0.25) is 0 Å². The summed E-state index contributed by atoms with van der Waals surface area (Å²) in [5.74, 6) is -2.53. The number of carbonyl (C=O) groups is 1. The van der Waals surface area contributed by atoms with Gasteiger partial charge in [-0.1, -0.05) is 17.3 Å². The van der Waals surface area contributed by atoms with E-state index in [1.165, 1.54) is 12.1 Å². The van der Waals surface area contributed by atoms with Crippen LogP contribution < -0.4 is 4.90 Å². The molecule has 1 aromatic heterocycles. The Bertz CT molecular complexity index is 1080. The summed E-state index contributed by atoms with van der Waals surface area (Å²) in [6.45, 7) is -0.0244. The highest BCUT2D eigenvalue weighted by atomic mass is 19.4. The molecule has 2 aromatic carbocycles. The van der Waals surface area contributed by atoms with E-state index < -0.39 is 35.2 Å². The number of rotatable bonds is 3. The SMILES string of the molecule is O=C1CC(c2nc(-c3cccc(C(F)(F)F)c3)no2)CN1c1cc(F)ccc1F. The first-order valence-corrected chi connectivity index (χ1v) is 8.49. The fourth-order valence-electron chi connectivity index (χ4n) is 3.15. The van der Waals surface area contributed by atoms with Crippen molar-refractivity contribution in [2.45, 2.75) is 18.5 Å². The summed E-state index contributed by atoms with van der Waals surface area (Å²) in [7, 11) is 0. The van der Waals surface area contributed by atoms with Gasteiger partial charge in [0.2, 0.25) is 17.6 Å². The second-order valence-electron chi connectivity index (χ2n) is 6.54. The largest absolute Gasteiger partial charge is 0.416 e. The first kappa shape index (κ1) is 19.0. The Morgan fingerprint density at radius 2 is 1.90 bits per heavy atom. The molecule has 0 radical (unpaired) electrons. The van der Waals surface area contributed by atoms with Gasteiger partial charge in [0.25, 0.3) is 0 Å². The van der Waals surface area contributed by atoms with Gasteiger partial charge in [-0.05, 0) is 24.3 Å². The van der Waals surface area contributed by atoms with Gasteiger partial charge in [-0.3, -0.25) is 4.79 Å². The molecule has 150 valence electrons. The van der Waals surface area contributed by atoms with E-state index in [0.717, 1.165) is 35.2 Å². The summed E-state index contributed by atoms with van der Waals surface area (Å²) < 4.78 is 71.2. The van der Waals surface area contributed by atoms with Crippen molar-refractivity contribution in [3.8, 4) is 11.4 Å². The topological polar surface area (TPSA) is 59.2 Å². The molecule has 1 unspecified atom stereocenters. The standard InChI is InChI=1S/C19H12F5N3O2/c20-13-4-5-14(21)15(8-13)27-9-11(7-16(27)28)18-25-17(26-29-18)10-2-1-3-12(6-10)19(22,23)24/h1-6,8,11H,7,9H2. The normalized spacial score (nSPS) is 17.2.